The fourth-order valence-electron chi connectivity index (χ4n) is 14.4. The maximum absolute atomic E-state index is 10.8. The lowest BCUT2D eigenvalue weighted by Gasteiger charge is -2.60. The van der Waals surface area contributed by atoms with Crippen LogP contribution in [0.1, 0.15) is 143 Å². The monoisotopic (exact) mass is 576 g/mol. The highest BCUT2D eigenvalue weighted by atomic mass is 16.3. The fraction of sp³-hybridized carbons (Fsp3) is 0.947. The van der Waals surface area contributed by atoms with Gasteiger partial charge in [0.1, 0.15) is 0 Å². The Hall–Kier alpha value is -0.740. The Morgan fingerprint density at radius 2 is 0.881 bits per heavy atom. The minimum Gasteiger partial charge on any atom is -0.393 e. The molecular weight excluding hydrogens is 516 g/mol. The number of aliphatic hydroxyl groups excluding tert-OH is 2. The highest BCUT2D eigenvalue weighted by Gasteiger charge is 2.61. The van der Waals surface area contributed by atoms with Crippen LogP contribution in [-0.2, 0) is 0 Å². The minimum absolute atomic E-state index is 0.0642. The van der Waals surface area contributed by atoms with Crippen molar-refractivity contribution in [2.75, 3.05) is 0 Å². The molecule has 8 aliphatic carbocycles. The van der Waals surface area contributed by atoms with Gasteiger partial charge in [-0.05, 0) is 185 Å². The number of aliphatic hydroxyl groups is 2. The zero-order valence-electron chi connectivity index (χ0n) is 27.3. The van der Waals surface area contributed by atoms with Crippen molar-refractivity contribution >= 4 is 11.4 Å². The van der Waals surface area contributed by atoms with Crippen molar-refractivity contribution in [3.63, 3.8) is 0 Å². The molecule has 8 fully saturated rings. The first-order valence-corrected chi connectivity index (χ1v) is 18.5. The molecule has 4 nitrogen and oxygen atoms in total. The molecule has 0 spiro atoms. The third kappa shape index (κ3) is 3.97. The summed E-state index contributed by atoms with van der Waals surface area (Å²) in [6.45, 7) is 10.1. The van der Waals surface area contributed by atoms with Gasteiger partial charge in [-0.25, -0.2) is 0 Å². The van der Waals surface area contributed by atoms with Crippen LogP contribution in [0.2, 0.25) is 0 Å². The molecule has 0 aromatic carbocycles. The lowest BCUT2D eigenvalue weighted by atomic mass is 9.45. The van der Waals surface area contributed by atoms with Crippen molar-refractivity contribution in [3.05, 3.63) is 0 Å². The summed E-state index contributed by atoms with van der Waals surface area (Å²) in [6, 6.07) is 0. The molecule has 0 heterocycles. The van der Waals surface area contributed by atoms with Gasteiger partial charge in [0.15, 0.2) is 0 Å². The van der Waals surface area contributed by atoms with E-state index in [0.717, 1.165) is 73.0 Å². The summed E-state index contributed by atoms with van der Waals surface area (Å²) >= 11 is 0. The van der Waals surface area contributed by atoms with Crippen molar-refractivity contribution in [1.29, 1.82) is 0 Å². The predicted octanol–water partition coefficient (Wildman–Crippen LogP) is 8.59. The van der Waals surface area contributed by atoms with Gasteiger partial charge in [0.05, 0.1) is 12.2 Å². The first-order valence-electron chi connectivity index (χ1n) is 18.5. The summed E-state index contributed by atoms with van der Waals surface area (Å²) in [4.78, 5) is 0. The molecule has 8 aliphatic rings. The van der Waals surface area contributed by atoms with Crippen LogP contribution < -0.4 is 0 Å². The highest BCUT2D eigenvalue weighted by Crippen LogP contribution is 2.67. The summed E-state index contributed by atoms with van der Waals surface area (Å²) in [5, 5.41) is 31.7. The quantitative estimate of drug-likeness (QED) is 0.307. The number of hydrogen-bond donors (Lipinski definition) is 2. The molecular formula is C38H60N2O2. The van der Waals surface area contributed by atoms with E-state index in [0.29, 0.717) is 10.8 Å². The molecule has 0 radical (unpaired) electrons. The van der Waals surface area contributed by atoms with Crippen LogP contribution in [0.25, 0.3) is 0 Å². The summed E-state index contributed by atoms with van der Waals surface area (Å²) in [6.07, 6.45) is 22.3. The molecule has 8 saturated carbocycles. The molecule has 0 aromatic heterocycles. The van der Waals surface area contributed by atoms with E-state index in [-0.39, 0.29) is 23.0 Å². The second-order valence-corrected chi connectivity index (χ2v) is 18.3. The molecule has 42 heavy (non-hydrogen) atoms. The van der Waals surface area contributed by atoms with E-state index >= 15 is 0 Å². The van der Waals surface area contributed by atoms with Crippen LogP contribution in [0, 0.1) is 69.0 Å². The molecule has 14 atom stereocenters. The molecule has 0 bridgehead atoms. The third-order valence-electron chi connectivity index (χ3n) is 17.2. The lowest BCUT2D eigenvalue weighted by molar-refractivity contribution is -0.112. The first kappa shape index (κ1) is 28.7. The Morgan fingerprint density at radius 1 is 0.476 bits per heavy atom. The molecule has 0 amide bonds. The van der Waals surface area contributed by atoms with Crippen molar-refractivity contribution in [2.45, 2.75) is 155 Å². The Bertz CT molecular complexity index is 1060. The van der Waals surface area contributed by atoms with Crippen molar-refractivity contribution in [1.82, 2.24) is 0 Å². The van der Waals surface area contributed by atoms with Gasteiger partial charge in [0.25, 0.3) is 0 Å². The van der Waals surface area contributed by atoms with Crippen LogP contribution >= 0.6 is 0 Å². The first-order chi connectivity index (χ1) is 20.1. The number of fused-ring (bicyclic) bond motifs is 10. The minimum atomic E-state index is -0.0642. The van der Waals surface area contributed by atoms with Crippen molar-refractivity contribution in [2.24, 2.45) is 79.2 Å². The van der Waals surface area contributed by atoms with E-state index in [9.17, 15) is 10.2 Å². The highest BCUT2D eigenvalue weighted by molar-refractivity contribution is 5.89. The Morgan fingerprint density at radius 3 is 1.31 bits per heavy atom. The van der Waals surface area contributed by atoms with Crippen LogP contribution in [0.5, 0.6) is 0 Å². The van der Waals surface area contributed by atoms with E-state index in [2.05, 4.69) is 27.7 Å². The van der Waals surface area contributed by atoms with Crippen LogP contribution in [0.3, 0.4) is 0 Å². The number of nitrogens with zero attached hydrogens (tertiary/aromatic N) is 2. The van der Waals surface area contributed by atoms with Crippen molar-refractivity contribution in [3.8, 4) is 0 Å². The second kappa shape index (κ2) is 9.88. The van der Waals surface area contributed by atoms with E-state index in [1.165, 1.54) is 101 Å². The summed E-state index contributed by atoms with van der Waals surface area (Å²) in [7, 11) is 0. The number of hydrogen-bond acceptors (Lipinski definition) is 4. The van der Waals surface area contributed by atoms with Gasteiger partial charge in [-0.3, -0.25) is 0 Å². The molecule has 2 N–H and O–H groups in total. The van der Waals surface area contributed by atoms with Gasteiger partial charge in [-0.1, -0.05) is 27.7 Å². The van der Waals surface area contributed by atoms with Crippen molar-refractivity contribution < 1.29 is 10.2 Å². The zero-order chi connectivity index (χ0) is 29.1. The number of rotatable bonds is 1. The second-order valence-electron chi connectivity index (χ2n) is 18.3. The SMILES string of the molecule is C[C@]12CC/C(=N/N=C3\CC[C@@]4(C)[C@@H](CC[C@@H]5[C@@H]4CC[C@]4(C)[C@@H](O)CC[C@@H]54)C3)C[C@H]1CC[C@@H]1[C@@H]2CC[C@]2(C)[C@@H](O)CC[C@@H]12. The fourth-order valence-corrected chi connectivity index (χ4v) is 14.4. The van der Waals surface area contributed by atoms with Gasteiger partial charge >= 0.3 is 0 Å². The molecule has 0 unspecified atom stereocenters. The normalized spacial score (nSPS) is 58.9. The summed E-state index contributed by atoms with van der Waals surface area (Å²) < 4.78 is 0. The Kier molecular flexibility index (Phi) is 6.75. The van der Waals surface area contributed by atoms with Crippen LogP contribution in [-0.4, -0.2) is 33.8 Å². The van der Waals surface area contributed by atoms with Gasteiger partial charge in [0, 0.05) is 11.4 Å². The zero-order valence-corrected chi connectivity index (χ0v) is 27.3. The molecule has 0 aromatic rings. The predicted molar refractivity (Wildman–Crippen MR) is 170 cm³/mol. The molecule has 0 saturated heterocycles. The van der Waals surface area contributed by atoms with Gasteiger partial charge < -0.3 is 10.2 Å². The average molecular weight is 577 g/mol. The molecule has 8 rings (SSSR count). The van der Waals surface area contributed by atoms with Crippen LogP contribution in [0.4, 0.5) is 0 Å². The smallest absolute Gasteiger partial charge is 0.0596 e. The van der Waals surface area contributed by atoms with E-state index in [1.54, 1.807) is 0 Å². The Balaban J connectivity index is 0.928. The standard InChI is InChI=1S/C38H60N2O2/c1-35-17-13-25(21-23(35)5-7-27-29-9-11-33(41)37(29,3)19-15-31(27)35)39-40-26-14-18-36(2)24(22-26)6-8-28-30-10-12-34(42)38(30,4)20-16-32(28)36/h23-24,27-34,41-42H,5-22H2,1-4H3/b39-25-,40-26+/t23-,24+,27+,28+,29+,30+,31+,32+,33+,34+,35+,36+,37+,38+/m1/s1. The largest absolute Gasteiger partial charge is 0.393 e. The lowest BCUT2D eigenvalue weighted by Crippen LogP contribution is -2.54. The molecule has 234 valence electrons. The maximum Gasteiger partial charge on any atom is 0.0596 e. The van der Waals surface area contributed by atoms with Crippen LogP contribution in [0.15, 0.2) is 10.2 Å². The van der Waals surface area contributed by atoms with E-state index in [4.69, 9.17) is 10.2 Å². The van der Waals surface area contributed by atoms with Gasteiger partial charge in [-0.2, -0.15) is 10.2 Å². The third-order valence-corrected chi connectivity index (χ3v) is 17.2. The van der Waals surface area contributed by atoms with E-state index < -0.39 is 0 Å². The maximum atomic E-state index is 10.8. The topological polar surface area (TPSA) is 65.2 Å². The van der Waals surface area contributed by atoms with Gasteiger partial charge in [-0.15, -0.1) is 0 Å². The Labute approximate surface area is 256 Å². The van der Waals surface area contributed by atoms with E-state index in [1.807, 2.05) is 0 Å². The molecule has 0 aliphatic heterocycles. The summed E-state index contributed by atoms with van der Waals surface area (Å²) in [5.41, 5.74) is 4.08. The van der Waals surface area contributed by atoms with Gasteiger partial charge in [0.2, 0.25) is 0 Å². The summed E-state index contributed by atoms with van der Waals surface area (Å²) in [5.74, 6) is 6.43. The molecule has 4 heteroatoms. The average Bonchev–Trinajstić information content (AvgIpc) is 3.46.